The number of rotatable bonds is 3. The first-order valence-corrected chi connectivity index (χ1v) is 6.45. The van der Waals surface area contributed by atoms with Crippen LogP contribution in [0.3, 0.4) is 0 Å². The number of aromatic hydroxyl groups is 1. The molecule has 2 aromatic carbocycles. The maximum atomic E-state index is 9.13. The van der Waals surface area contributed by atoms with E-state index in [9.17, 15) is 0 Å². The molecule has 0 heterocycles. The molecule has 0 aromatic heterocycles. The molecule has 0 saturated carbocycles. The van der Waals surface area contributed by atoms with Gasteiger partial charge in [0.25, 0.3) is 0 Å². The van der Waals surface area contributed by atoms with Gasteiger partial charge in [-0.25, -0.2) is 0 Å². The lowest BCUT2D eigenvalue weighted by Gasteiger charge is -1.96. The van der Waals surface area contributed by atoms with E-state index in [2.05, 4.69) is 13.8 Å². The Morgan fingerprint density at radius 2 is 1.41 bits per heavy atom. The van der Waals surface area contributed by atoms with Crippen LogP contribution in [-0.2, 0) is 0 Å². The van der Waals surface area contributed by atoms with Gasteiger partial charge >= 0.3 is 0 Å². The summed E-state index contributed by atoms with van der Waals surface area (Å²) in [6, 6.07) is 13.3. The fraction of sp³-hybridized carbons (Fsp3) is 0.375. The fourth-order valence-electron chi connectivity index (χ4n) is 1.68. The minimum absolute atomic E-state index is 0.323. The van der Waals surface area contributed by atoms with Gasteiger partial charge in [0.2, 0.25) is 0 Å². The van der Waals surface area contributed by atoms with Gasteiger partial charge in [-0.15, -0.1) is 0 Å². The molecular formula is C16H22O. The van der Waals surface area contributed by atoms with Gasteiger partial charge in [-0.05, 0) is 22.9 Å². The minimum atomic E-state index is 0.323. The van der Waals surface area contributed by atoms with Crippen LogP contribution in [0.4, 0.5) is 0 Å². The molecule has 0 fully saturated rings. The van der Waals surface area contributed by atoms with E-state index >= 15 is 0 Å². The summed E-state index contributed by atoms with van der Waals surface area (Å²) in [5, 5.41) is 11.4. The average Bonchev–Trinajstić information content (AvgIpc) is 2.37. The number of fused-ring (bicyclic) bond motifs is 1. The zero-order valence-electron chi connectivity index (χ0n) is 10.8. The standard InChI is InChI=1S/C10H8O.C6H14/c11-10-6-5-8-3-1-2-4-9(8)7-10;1-3-5-6-4-2/h1-7,11H;3-6H2,1-2H3. The quantitative estimate of drug-likeness (QED) is 0.724. The van der Waals surface area contributed by atoms with E-state index in [1.165, 1.54) is 25.7 Å². The largest absolute Gasteiger partial charge is 0.508 e. The van der Waals surface area contributed by atoms with E-state index in [1.54, 1.807) is 12.1 Å². The van der Waals surface area contributed by atoms with Crippen molar-refractivity contribution in [2.24, 2.45) is 0 Å². The maximum absolute atomic E-state index is 9.13. The molecule has 1 nitrogen and oxygen atoms in total. The normalized spacial score (nSPS) is 9.76. The predicted octanol–water partition coefficient (Wildman–Crippen LogP) is 5.13. The van der Waals surface area contributed by atoms with Crippen molar-refractivity contribution in [2.45, 2.75) is 39.5 Å². The first kappa shape index (κ1) is 13.6. The zero-order valence-corrected chi connectivity index (χ0v) is 10.8. The van der Waals surface area contributed by atoms with Crippen LogP contribution < -0.4 is 0 Å². The van der Waals surface area contributed by atoms with E-state index in [0.717, 1.165) is 10.8 Å². The third-order valence-corrected chi connectivity index (χ3v) is 2.69. The molecule has 0 saturated heterocycles. The van der Waals surface area contributed by atoms with Crippen LogP contribution in [0.15, 0.2) is 42.5 Å². The molecule has 0 atom stereocenters. The van der Waals surface area contributed by atoms with Gasteiger partial charge in [0, 0.05) is 0 Å². The number of hydrogen-bond acceptors (Lipinski definition) is 1. The van der Waals surface area contributed by atoms with Gasteiger partial charge < -0.3 is 5.11 Å². The van der Waals surface area contributed by atoms with E-state index in [4.69, 9.17) is 5.11 Å². The highest BCUT2D eigenvalue weighted by Gasteiger charge is 1.91. The smallest absolute Gasteiger partial charge is 0.116 e. The summed E-state index contributed by atoms with van der Waals surface area (Å²) in [5.74, 6) is 0.323. The zero-order chi connectivity index (χ0) is 12.5. The Bertz CT molecular complexity index is 430. The number of phenolic OH excluding ortho intramolecular Hbond substituents is 1. The second-order valence-electron chi connectivity index (χ2n) is 4.24. The molecule has 0 aliphatic rings. The van der Waals surface area contributed by atoms with E-state index < -0.39 is 0 Å². The van der Waals surface area contributed by atoms with E-state index in [0.29, 0.717) is 5.75 Å². The van der Waals surface area contributed by atoms with Crippen LogP contribution in [0.5, 0.6) is 5.75 Å². The van der Waals surface area contributed by atoms with Crippen LogP contribution in [0.25, 0.3) is 10.8 Å². The van der Waals surface area contributed by atoms with E-state index in [1.807, 2.05) is 30.3 Å². The average molecular weight is 230 g/mol. The summed E-state index contributed by atoms with van der Waals surface area (Å²) in [5.41, 5.74) is 0. The molecule has 0 amide bonds. The predicted molar refractivity (Wildman–Crippen MR) is 75.4 cm³/mol. The van der Waals surface area contributed by atoms with Crippen molar-refractivity contribution in [2.75, 3.05) is 0 Å². The lowest BCUT2D eigenvalue weighted by molar-refractivity contribution is 0.476. The monoisotopic (exact) mass is 230 g/mol. The van der Waals surface area contributed by atoms with Gasteiger partial charge in [0.15, 0.2) is 0 Å². The van der Waals surface area contributed by atoms with Crippen molar-refractivity contribution < 1.29 is 5.11 Å². The highest BCUT2D eigenvalue weighted by Crippen LogP contribution is 2.18. The summed E-state index contributed by atoms with van der Waals surface area (Å²) < 4.78 is 0. The first-order valence-electron chi connectivity index (χ1n) is 6.45. The summed E-state index contributed by atoms with van der Waals surface area (Å²) in [4.78, 5) is 0. The molecule has 2 aromatic rings. The van der Waals surface area contributed by atoms with Gasteiger partial charge in [0.05, 0.1) is 0 Å². The first-order chi connectivity index (χ1) is 8.27. The number of unbranched alkanes of at least 4 members (excludes halogenated alkanes) is 3. The van der Waals surface area contributed by atoms with Crippen LogP contribution >= 0.6 is 0 Å². The lowest BCUT2D eigenvalue weighted by Crippen LogP contribution is -1.69. The Balaban J connectivity index is 0.000000209. The van der Waals surface area contributed by atoms with Gasteiger partial charge in [-0.2, -0.15) is 0 Å². The fourth-order valence-corrected chi connectivity index (χ4v) is 1.68. The van der Waals surface area contributed by atoms with Gasteiger partial charge in [0.1, 0.15) is 5.75 Å². The van der Waals surface area contributed by atoms with Crippen molar-refractivity contribution in [1.82, 2.24) is 0 Å². The number of benzene rings is 2. The summed E-state index contributed by atoms with van der Waals surface area (Å²) in [6.45, 7) is 4.46. The highest BCUT2D eigenvalue weighted by molar-refractivity contribution is 5.83. The SMILES string of the molecule is CCCCCC.Oc1ccc2ccccc2c1. The van der Waals surface area contributed by atoms with Gasteiger partial charge in [-0.1, -0.05) is 69.9 Å². The van der Waals surface area contributed by atoms with Gasteiger partial charge in [-0.3, -0.25) is 0 Å². The van der Waals surface area contributed by atoms with Crippen LogP contribution in [0.1, 0.15) is 39.5 Å². The minimum Gasteiger partial charge on any atom is -0.508 e. The third-order valence-electron chi connectivity index (χ3n) is 2.69. The Kier molecular flexibility index (Phi) is 6.16. The van der Waals surface area contributed by atoms with Crippen molar-refractivity contribution in [3.05, 3.63) is 42.5 Å². The molecule has 0 spiro atoms. The lowest BCUT2D eigenvalue weighted by atomic mass is 10.1. The highest BCUT2D eigenvalue weighted by atomic mass is 16.3. The Morgan fingerprint density at radius 1 is 0.824 bits per heavy atom. The Morgan fingerprint density at radius 3 is 2.00 bits per heavy atom. The second-order valence-corrected chi connectivity index (χ2v) is 4.24. The van der Waals surface area contributed by atoms with Crippen LogP contribution in [0, 0.1) is 0 Å². The number of phenols is 1. The van der Waals surface area contributed by atoms with Crippen molar-refractivity contribution in [1.29, 1.82) is 0 Å². The molecule has 0 aliphatic carbocycles. The maximum Gasteiger partial charge on any atom is 0.116 e. The van der Waals surface area contributed by atoms with Crippen molar-refractivity contribution in [3.63, 3.8) is 0 Å². The summed E-state index contributed by atoms with van der Waals surface area (Å²) >= 11 is 0. The van der Waals surface area contributed by atoms with Crippen molar-refractivity contribution >= 4 is 10.8 Å². The molecule has 0 bridgehead atoms. The molecule has 2 rings (SSSR count). The van der Waals surface area contributed by atoms with E-state index in [-0.39, 0.29) is 0 Å². The molecule has 1 N–H and O–H groups in total. The molecule has 92 valence electrons. The second kappa shape index (κ2) is 7.72. The number of hydrogen-bond donors (Lipinski definition) is 1. The molecule has 17 heavy (non-hydrogen) atoms. The third kappa shape index (κ3) is 4.90. The molecule has 1 heteroatoms. The topological polar surface area (TPSA) is 20.2 Å². The molecule has 0 radical (unpaired) electrons. The summed E-state index contributed by atoms with van der Waals surface area (Å²) in [7, 11) is 0. The Labute approximate surface area is 104 Å². The molecular weight excluding hydrogens is 208 g/mol. The van der Waals surface area contributed by atoms with Crippen LogP contribution in [0.2, 0.25) is 0 Å². The molecule has 0 aliphatic heterocycles. The van der Waals surface area contributed by atoms with Crippen LogP contribution in [-0.4, -0.2) is 5.11 Å². The Hall–Kier alpha value is -1.50. The molecule has 0 unspecified atom stereocenters. The van der Waals surface area contributed by atoms with Crippen molar-refractivity contribution in [3.8, 4) is 5.75 Å². The summed E-state index contributed by atoms with van der Waals surface area (Å²) in [6.07, 6.45) is 5.54.